The Morgan fingerprint density at radius 1 is 1.42 bits per heavy atom. The fourth-order valence-corrected chi connectivity index (χ4v) is 3.15. The van der Waals surface area contributed by atoms with Gasteiger partial charge in [0, 0.05) is 25.2 Å². The molecule has 0 bridgehead atoms. The van der Waals surface area contributed by atoms with E-state index in [1.54, 1.807) is 13.0 Å². The van der Waals surface area contributed by atoms with Crippen LogP contribution < -0.4 is 5.32 Å². The Bertz CT molecular complexity index is 698. The van der Waals surface area contributed by atoms with Gasteiger partial charge in [0.1, 0.15) is 5.76 Å². The average molecular weight is 329 g/mol. The Kier molecular flexibility index (Phi) is 5.27. The number of benzene rings is 1. The summed E-state index contributed by atoms with van der Waals surface area (Å²) in [7, 11) is 0. The second-order valence-corrected chi connectivity index (χ2v) is 6.22. The van der Waals surface area contributed by atoms with E-state index in [2.05, 4.69) is 21.4 Å². The summed E-state index contributed by atoms with van der Waals surface area (Å²) in [4.78, 5) is 14.4. The third kappa shape index (κ3) is 3.83. The smallest absolute Gasteiger partial charge is 0.273 e. The van der Waals surface area contributed by atoms with Crippen LogP contribution in [0, 0.1) is 6.92 Å². The topological polar surface area (TPSA) is 78.6 Å². The van der Waals surface area contributed by atoms with Crippen molar-refractivity contribution in [2.75, 3.05) is 13.2 Å². The molecule has 1 aliphatic rings. The highest BCUT2D eigenvalue weighted by Crippen LogP contribution is 2.21. The number of aliphatic hydroxyl groups excluding tert-OH is 1. The maximum atomic E-state index is 12.1. The van der Waals surface area contributed by atoms with Crippen molar-refractivity contribution in [1.29, 1.82) is 0 Å². The summed E-state index contributed by atoms with van der Waals surface area (Å²) in [6.07, 6.45) is 2.16. The van der Waals surface area contributed by atoms with Crippen LogP contribution in [0.25, 0.3) is 0 Å². The first-order valence-corrected chi connectivity index (χ1v) is 8.30. The summed E-state index contributed by atoms with van der Waals surface area (Å²) in [6, 6.07) is 9.94. The summed E-state index contributed by atoms with van der Waals surface area (Å²) in [5.74, 6) is 0.376. The Hall–Kier alpha value is -2.18. The van der Waals surface area contributed by atoms with Gasteiger partial charge in [-0.1, -0.05) is 29.4 Å². The molecule has 1 fully saturated rings. The number of aliphatic hydroxyl groups is 1. The number of aromatic nitrogens is 1. The molecule has 6 nitrogen and oxygen atoms in total. The van der Waals surface area contributed by atoms with Gasteiger partial charge in [-0.25, -0.2) is 0 Å². The van der Waals surface area contributed by atoms with Gasteiger partial charge in [0.15, 0.2) is 5.69 Å². The summed E-state index contributed by atoms with van der Waals surface area (Å²) >= 11 is 0. The normalized spacial score (nSPS) is 18.0. The van der Waals surface area contributed by atoms with E-state index in [4.69, 9.17) is 4.52 Å². The molecule has 0 radical (unpaired) electrons. The van der Waals surface area contributed by atoms with Crippen LogP contribution in [-0.2, 0) is 13.1 Å². The zero-order valence-electron chi connectivity index (χ0n) is 13.9. The van der Waals surface area contributed by atoms with Gasteiger partial charge in [-0.3, -0.25) is 9.69 Å². The predicted octanol–water partition coefficient (Wildman–Crippen LogP) is 1.87. The van der Waals surface area contributed by atoms with Crippen molar-refractivity contribution in [2.24, 2.45) is 0 Å². The number of amides is 1. The van der Waals surface area contributed by atoms with E-state index >= 15 is 0 Å². The number of hydrogen-bond donors (Lipinski definition) is 2. The molecule has 0 saturated carbocycles. The third-order valence-corrected chi connectivity index (χ3v) is 4.50. The molecule has 1 aromatic heterocycles. The highest BCUT2D eigenvalue weighted by molar-refractivity contribution is 5.92. The SMILES string of the molecule is Cc1cc(C(=O)NCc2ccccc2CN2CCC[C@H]2CO)no1. The summed E-state index contributed by atoms with van der Waals surface area (Å²) in [5, 5.41) is 16.1. The van der Waals surface area contributed by atoms with Gasteiger partial charge in [-0.15, -0.1) is 0 Å². The fourth-order valence-electron chi connectivity index (χ4n) is 3.15. The van der Waals surface area contributed by atoms with Gasteiger partial charge >= 0.3 is 0 Å². The molecule has 1 atom stereocenters. The van der Waals surface area contributed by atoms with Crippen LogP contribution in [0.2, 0.25) is 0 Å². The maximum Gasteiger partial charge on any atom is 0.273 e. The van der Waals surface area contributed by atoms with E-state index in [-0.39, 0.29) is 18.6 Å². The van der Waals surface area contributed by atoms with Crippen molar-refractivity contribution in [2.45, 2.75) is 38.9 Å². The number of nitrogens with zero attached hydrogens (tertiary/aromatic N) is 2. The number of aryl methyl sites for hydroxylation is 1. The van der Waals surface area contributed by atoms with Crippen molar-refractivity contribution in [3.8, 4) is 0 Å². The average Bonchev–Trinajstić information content (AvgIpc) is 3.22. The lowest BCUT2D eigenvalue weighted by molar-refractivity contribution is 0.0941. The van der Waals surface area contributed by atoms with Gasteiger partial charge in [0.2, 0.25) is 0 Å². The number of hydrogen-bond acceptors (Lipinski definition) is 5. The Balaban J connectivity index is 1.64. The number of nitrogens with one attached hydrogen (secondary N) is 1. The number of carbonyl (C=O) groups excluding carboxylic acids is 1. The Morgan fingerprint density at radius 3 is 2.92 bits per heavy atom. The third-order valence-electron chi connectivity index (χ3n) is 4.50. The molecule has 3 rings (SSSR count). The molecule has 128 valence electrons. The zero-order chi connectivity index (χ0) is 16.9. The molecule has 1 amide bonds. The minimum atomic E-state index is -0.240. The lowest BCUT2D eigenvalue weighted by Crippen LogP contribution is -2.32. The standard InChI is InChI=1S/C18H23N3O3/c1-13-9-17(20-24-13)18(23)19-10-14-5-2-3-6-15(14)11-21-8-4-7-16(21)12-22/h2-3,5-6,9,16,22H,4,7-8,10-12H2,1H3,(H,19,23)/t16-/m0/s1. The summed E-state index contributed by atoms with van der Waals surface area (Å²) < 4.78 is 4.93. The first-order chi connectivity index (χ1) is 11.7. The van der Waals surface area contributed by atoms with Crippen LogP contribution in [0.4, 0.5) is 0 Å². The van der Waals surface area contributed by atoms with E-state index in [1.807, 2.05) is 18.2 Å². The predicted molar refractivity (Wildman–Crippen MR) is 89.4 cm³/mol. The van der Waals surface area contributed by atoms with Crippen molar-refractivity contribution in [3.63, 3.8) is 0 Å². The van der Waals surface area contributed by atoms with Crippen molar-refractivity contribution >= 4 is 5.91 Å². The maximum absolute atomic E-state index is 12.1. The molecule has 6 heteroatoms. The molecule has 0 aliphatic carbocycles. The summed E-state index contributed by atoms with van der Waals surface area (Å²) in [5.41, 5.74) is 2.55. The van der Waals surface area contributed by atoms with E-state index in [1.165, 1.54) is 5.56 Å². The number of rotatable bonds is 6. The molecule has 1 aliphatic heterocycles. The first-order valence-electron chi connectivity index (χ1n) is 8.30. The number of likely N-dealkylation sites (tertiary alicyclic amines) is 1. The van der Waals surface area contributed by atoms with Gasteiger partial charge in [-0.2, -0.15) is 0 Å². The molecule has 2 aromatic rings. The first kappa shape index (κ1) is 16.7. The minimum absolute atomic E-state index is 0.199. The second-order valence-electron chi connectivity index (χ2n) is 6.22. The van der Waals surface area contributed by atoms with Gasteiger partial charge in [0.05, 0.1) is 6.61 Å². The van der Waals surface area contributed by atoms with E-state index in [0.29, 0.717) is 18.0 Å². The molecule has 2 heterocycles. The lowest BCUT2D eigenvalue weighted by atomic mass is 10.1. The zero-order valence-corrected chi connectivity index (χ0v) is 13.9. The molecule has 0 spiro atoms. The van der Waals surface area contributed by atoms with Gasteiger partial charge < -0.3 is 14.9 Å². The van der Waals surface area contributed by atoms with Crippen LogP contribution >= 0.6 is 0 Å². The molecule has 2 N–H and O–H groups in total. The monoisotopic (exact) mass is 329 g/mol. The Labute approximate surface area is 141 Å². The van der Waals surface area contributed by atoms with Crippen LogP contribution in [0.5, 0.6) is 0 Å². The molecule has 1 saturated heterocycles. The minimum Gasteiger partial charge on any atom is -0.395 e. The molecular weight excluding hydrogens is 306 g/mol. The van der Waals surface area contributed by atoms with E-state index in [9.17, 15) is 9.90 Å². The van der Waals surface area contributed by atoms with Crippen molar-refractivity contribution in [3.05, 3.63) is 52.9 Å². The van der Waals surface area contributed by atoms with E-state index < -0.39 is 0 Å². The lowest BCUT2D eigenvalue weighted by Gasteiger charge is -2.24. The van der Waals surface area contributed by atoms with Crippen LogP contribution in [-0.4, -0.2) is 40.3 Å². The van der Waals surface area contributed by atoms with Crippen LogP contribution in [0.15, 0.2) is 34.9 Å². The van der Waals surface area contributed by atoms with Gasteiger partial charge in [0.25, 0.3) is 5.91 Å². The largest absolute Gasteiger partial charge is 0.395 e. The van der Waals surface area contributed by atoms with Crippen LogP contribution in [0.3, 0.4) is 0 Å². The van der Waals surface area contributed by atoms with Crippen molar-refractivity contribution < 1.29 is 14.4 Å². The fraction of sp³-hybridized carbons (Fsp3) is 0.444. The molecular formula is C18H23N3O3. The Morgan fingerprint density at radius 2 is 2.21 bits per heavy atom. The molecule has 0 unspecified atom stereocenters. The van der Waals surface area contributed by atoms with Crippen molar-refractivity contribution in [1.82, 2.24) is 15.4 Å². The number of carbonyl (C=O) groups is 1. The van der Waals surface area contributed by atoms with E-state index in [0.717, 1.165) is 31.5 Å². The molecule has 24 heavy (non-hydrogen) atoms. The van der Waals surface area contributed by atoms with Crippen LogP contribution in [0.1, 0.15) is 40.2 Å². The highest BCUT2D eigenvalue weighted by atomic mass is 16.5. The molecule has 1 aromatic carbocycles. The summed E-state index contributed by atoms with van der Waals surface area (Å²) in [6.45, 7) is 4.19. The van der Waals surface area contributed by atoms with Gasteiger partial charge in [-0.05, 0) is 37.4 Å². The highest BCUT2D eigenvalue weighted by Gasteiger charge is 2.24. The quantitative estimate of drug-likeness (QED) is 0.846. The second kappa shape index (κ2) is 7.59.